The van der Waals surface area contributed by atoms with Gasteiger partial charge in [0, 0.05) is 17.1 Å². The van der Waals surface area contributed by atoms with E-state index in [1.807, 2.05) is 18.2 Å². The molecular formula is C19H23ClN2O4S. The fraction of sp³-hybridized carbons (Fsp3) is 0.316. The van der Waals surface area contributed by atoms with Crippen LogP contribution in [0.2, 0.25) is 5.02 Å². The van der Waals surface area contributed by atoms with Crippen LogP contribution in [-0.4, -0.2) is 26.5 Å². The smallest absolute Gasteiger partial charge is 0.258 e. The molecule has 2 aromatic rings. The van der Waals surface area contributed by atoms with Crippen LogP contribution in [0.4, 0.5) is 0 Å². The molecule has 6 nitrogen and oxygen atoms in total. The number of carbonyl (C=O) groups is 1. The number of benzene rings is 2. The lowest BCUT2D eigenvalue weighted by molar-refractivity contribution is -0.123. The van der Waals surface area contributed by atoms with Crippen molar-refractivity contribution in [3.8, 4) is 5.75 Å². The Hall–Kier alpha value is -2.09. The Morgan fingerprint density at radius 3 is 2.30 bits per heavy atom. The van der Waals surface area contributed by atoms with E-state index in [1.165, 1.54) is 24.3 Å². The lowest BCUT2D eigenvalue weighted by Gasteiger charge is -2.20. The molecule has 0 radical (unpaired) electrons. The van der Waals surface area contributed by atoms with E-state index in [2.05, 4.69) is 10.0 Å². The van der Waals surface area contributed by atoms with Gasteiger partial charge in [0.05, 0.1) is 4.90 Å². The number of hydrogen-bond donors (Lipinski definition) is 2. The number of ether oxygens (including phenoxy) is 1. The molecule has 0 fully saturated rings. The van der Waals surface area contributed by atoms with Gasteiger partial charge in [0.1, 0.15) is 5.75 Å². The van der Waals surface area contributed by atoms with Crippen LogP contribution in [0.3, 0.4) is 0 Å². The molecule has 0 aromatic heterocycles. The third-order valence-corrected chi connectivity index (χ3v) is 5.52. The highest BCUT2D eigenvalue weighted by atomic mass is 35.5. The maximum atomic E-state index is 12.2. The minimum Gasteiger partial charge on any atom is -0.484 e. The first-order valence-electron chi connectivity index (χ1n) is 8.34. The van der Waals surface area contributed by atoms with Crippen LogP contribution in [-0.2, 0) is 21.4 Å². The Morgan fingerprint density at radius 1 is 1.07 bits per heavy atom. The number of amides is 1. The van der Waals surface area contributed by atoms with E-state index in [9.17, 15) is 13.2 Å². The number of carbonyl (C=O) groups excluding carboxylic acids is 1. The molecule has 27 heavy (non-hydrogen) atoms. The van der Waals surface area contributed by atoms with E-state index in [0.29, 0.717) is 17.3 Å². The van der Waals surface area contributed by atoms with E-state index in [-0.39, 0.29) is 17.4 Å². The van der Waals surface area contributed by atoms with Gasteiger partial charge in [-0.1, -0.05) is 29.8 Å². The van der Waals surface area contributed by atoms with Gasteiger partial charge in [-0.2, -0.15) is 0 Å². The Kier molecular flexibility index (Phi) is 6.86. The predicted octanol–water partition coefficient (Wildman–Crippen LogP) is 3.11. The topological polar surface area (TPSA) is 84.5 Å². The second-order valence-corrected chi connectivity index (χ2v) is 9.07. The Balaban J connectivity index is 1.88. The minimum atomic E-state index is -3.61. The zero-order valence-electron chi connectivity index (χ0n) is 15.5. The van der Waals surface area contributed by atoms with Gasteiger partial charge >= 0.3 is 0 Å². The Morgan fingerprint density at radius 2 is 1.70 bits per heavy atom. The predicted molar refractivity (Wildman–Crippen MR) is 105 cm³/mol. The van der Waals surface area contributed by atoms with Crippen molar-refractivity contribution in [1.29, 1.82) is 0 Å². The number of nitrogens with one attached hydrogen (secondary N) is 2. The van der Waals surface area contributed by atoms with Crippen molar-refractivity contribution in [2.24, 2.45) is 0 Å². The zero-order valence-corrected chi connectivity index (χ0v) is 17.0. The summed E-state index contributed by atoms with van der Waals surface area (Å²) in [6, 6.07) is 13.1. The summed E-state index contributed by atoms with van der Waals surface area (Å²) < 4.78 is 32.5. The molecule has 0 saturated carbocycles. The summed E-state index contributed by atoms with van der Waals surface area (Å²) in [7, 11) is -3.61. The maximum absolute atomic E-state index is 12.2. The molecule has 2 N–H and O–H groups in total. The molecule has 0 saturated heterocycles. The van der Waals surface area contributed by atoms with Crippen molar-refractivity contribution >= 4 is 27.5 Å². The van der Waals surface area contributed by atoms with Gasteiger partial charge in [-0.15, -0.1) is 0 Å². The maximum Gasteiger partial charge on any atom is 0.258 e. The van der Waals surface area contributed by atoms with Crippen molar-refractivity contribution in [2.45, 2.75) is 37.8 Å². The molecule has 0 unspecified atom stereocenters. The second kappa shape index (κ2) is 8.73. The average molecular weight is 411 g/mol. The molecule has 0 atom stereocenters. The van der Waals surface area contributed by atoms with Crippen molar-refractivity contribution in [1.82, 2.24) is 10.0 Å². The number of hydrogen-bond acceptors (Lipinski definition) is 4. The minimum absolute atomic E-state index is 0.132. The van der Waals surface area contributed by atoms with E-state index in [0.717, 1.165) is 5.56 Å². The van der Waals surface area contributed by atoms with Crippen molar-refractivity contribution in [2.75, 3.05) is 6.61 Å². The molecule has 2 aromatic carbocycles. The average Bonchev–Trinajstić information content (AvgIpc) is 2.57. The highest BCUT2D eigenvalue weighted by Crippen LogP contribution is 2.18. The summed E-state index contributed by atoms with van der Waals surface area (Å²) in [5.41, 5.74) is 0.238. The monoisotopic (exact) mass is 410 g/mol. The fourth-order valence-corrected chi connectivity index (χ4v) is 3.83. The molecule has 146 valence electrons. The molecular weight excluding hydrogens is 388 g/mol. The molecule has 0 aliphatic rings. The Bertz CT molecular complexity index is 891. The molecule has 2 rings (SSSR count). The van der Waals surface area contributed by atoms with Crippen LogP contribution in [0, 0.1) is 0 Å². The van der Waals surface area contributed by atoms with Crippen molar-refractivity contribution in [3.63, 3.8) is 0 Å². The van der Waals surface area contributed by atoms with Gasteiger partial charge in [0.25, 0.3) is 5.91 Å². The molecule has 0 aliphatic carbocycles. The van der Waals surface area contributed by atoms with Crippen LogP contribution in [0.25, 0.3) is 0 Å². The third kappa shape index (κ3) is 6.86. The van der Waals surface area contributed by atoms with E-state index >= 15 is 0 Å². The van der Waals surface area contributed by atoms with E-state index in [1.54, 1.807) is 26.8 Å². The van der Waals surface area contributed by atoms with Crippen molar-refractivity contribution in [3.05, 3.63) is 59.1 Å². The van der Waals surface area contributed by atoms with E-state index < -0.39 is 15.6 Å². The van der Waals surface area contributed by atoms with Crippen LogP contribution in [0.5, 0.6) is 5.75 Å². The van der Waals surface area contributed by atoms with Gasteiger partial charge in [0.2, 0.25) is 10.0 Å². The quantitative estimate of drug-likeness (QED) is 0.734. The van der Waals surface area contributed by atoms with Crippen LogP contribution in [0.1, 0.15) is 26.3 Å². The second-order valence-electron chi connectivity index (χ2n) is 6.98. The first-order chi connectivity index (χ1) is 12.6. The van der Waals surface area contributed by atoms with Crippen LogP contribution >= 0.6 is 11.6 Å². The zero-order chi connectivity index (χ0) is 20.1. The summed E-state index contributed by atoms with van der Waals surface area (Å²) in [4.78, 5) is 12.0. The lowest BCUT2D eigenvalue weighted by Crippen LogP contribution is -2.40. The van der Waals surface area contributed by atoms with Gasteiger partial charge in [0.15, 0.2) is 6.61 Å². The van der Waals surface area contributed by atoms with Gasteiger partial charge in [-0.3, -0.25) is 4.79 Å². The normalized spacial score (nSPS) is 11.9. The molecule has 8 heteroatoms. The van der Waals surface area contributed by atoms with Gasteiger partial charge in [-0.25, -0.2) is 13.1 Å². The molecule has 0 bridgehead atoms. The first kappa shape index (κ1) is 21.2. The van der Waals surface area contributed by atoms with Crippen molar-refractivity contribution < 1.29 is 17.9 Å². The highest BCUT2D eigenvalue weighted by molar-refractivity contribution is 7.89. The van der Waals surface area contributed by atoms with Crippen LogP contribution < -0.4 is 14.8 Å². The summed E-state index contributed by atoms with van der Waals surface area (Å²) in [5, 5.41) is 3.30. The highest BCUT2D eigenvalue weighted by Gasteiger charge is 2.21. The summed E-state index contributed by atoms with van der Waals surface area (Å²) >= 11 is 6.04. The largest absolute Gasteiger partial charge is 0.484 e. The standard InChI is InChI=1S/C19H23ClN2O4S/c1-19(2,3)22-27(24,25)16-10-8-15(9-11-16)26-13-18(23)21-12-14-6-4-5-7-17(14)20/h4-11,22H,12-13H2,1-3H3,(H,21,23). The van der Waals surface area contributed by atoms with Gasteiger partial charge < -0.3 is 10.1 Å². The number of sulfonamides is 1. The molecule has 1 amide bonds. The Labute approximate surface area is 164 Å². The number of halogens is 1. The van der Waals surface area contributed by atoms with Crippen LogP contribution in [0.15, 0.2) is 53.4 Å². The summed E-state index contributed by atoms with van der Waals surface area (Å²) in [6.45, 7) is 5.42. The summed E-state index contributed by atoms with van der Waals surface area (Å²) in [6.07, 6.45) is 0. The van der Waals surface area contributed by atoms with E-state index in [4.69, 9.17) is 16.3 Å². The fourth-order valence-electron chi connectivity index (χ4n) is 2.21. The van der Waals surface area contributed by atoms with Gasteiger partial charge in [-0.05, 0) is 56.7 Å². The SMILES string of the molecule is CC(C)(C)NS(=O)(=O)c1ccc(OCC(=O)NCc2ccccc2Cl)cc1. The lowest BCUT2D eigenvalue weighted by atomic mass is 10.1. The molecule has 0 heterocycles. The first-order valence-corrected chi connectivity index (χ1v) is 10.2. The summed E-state index contributed by atoms with van der Waals surface area (Å²) in [5.74, 6) is 0.0959. The molecule has 0 aliphatic heterocycles. The number of rotatable bonds is 7. The molecule has 0 spiro atoms. The third-order valence-electron chi connectivity index (χ3n) is 3.38.